The van der Waals surface area contributed by atoms with Gasteiger partial charge < -0.3 is 10.2 Å². The zero-order valence-corrected chi connectivity index (χ0v) is 5.60. The standard InChI is InChI=1S/C5H11ClO2/c1-4(7)2-5(8)3-6/h4-5,7-8H,2-3H2,1H3/t4-,5-/m0/s1. The van der Waals surface area contributed by atoms with Crippen LogP contribution in [0.2, 0.25) is 0 Å². The van der Waals surface area contributed by atoms with E-state index in [1.807, 2.05) is 0 Å². The molecule has 0 fully saturated rings. The maximum atomic E-state index is 8.74. The highest BCUT2D eigenvalue weighted by atomic mass is 35.5. The van der Waals surface area contributed by atoms with Crippen molar-refractivity contribution in [2.24, 2.45) is 0 Å². The van der Waals surface area contributed by atoms with Gasteiger partial charge in [0.25, 0.3) is 0 Å². The molecular formula is C5H11ClO2. The van der Waals surface area contributed by atoms with Crippen LogP contribution in [0, 0.1) is 0 Å². The second-order valence-corrected chi connectivity index (χ2v) is 2.20. The van der Waals surface area contributed by atoms with Gasteiger partial charge in [0.05, 0.1) is 12.2 Å². The summed E-state index contributed by atoms with van der Waals surface area (Å²) in [7, 11) is 0. The number of halogens is 1. The summed E-state index contributed by atoms with van der Waals surface area (Å²) < 4.78 is 0. The quantitative estimate of drug-likeness (QED) is 0.553. The van der Waals surface area contributed by atoms with E-state index < -0.39 is 12.2 Å². The number of hydrogen-bond donors (Lipinski definition) is 2. The monoisotopic (exact) mass is 138 g/mol. The molecule has 0 heterocycles. The van der Waals surface area contributed by atoms with Crippen molar-refractivity contribution in [3.8, 4) is 0 Å². The molecule has 3 heteroatoms. The first-order valence-corrected chi connectivity index (χ1v) is 3.12. The fourth-order valence-electron chi connectivity index (χ4n) is 0.457. The zero-order chi connectivity index (χ0) is 6.57. The molecule has 50 valence electrons. The third kappa shape index (κ3) is 4.37. The van der Waals surface area contributed by atoms with Gasteiger partial charge in [0.2, 0.25) is 0 Å². The van der Waals surface area contributed by atoms with Gasteiger partial charge >= 0.3 is 0 Å². The third-order valence-corrected chi connectivity index (χ3v) is 1.15. The fraction of sp³-hybridized carbons (Fsp3) is 1.00. The maximum absolute atomic E-state index is 8.74. The van der Waals surface area contributed by atoms with Crippen LogP contribution in [0.15, 0.2) is 0 Å². The van der Waals surface area contributed by atoms with Crippen molar-refractivity contribution in [1.82, 2.24) is 0 Å². The van der Waals surface area contributed by atoms with Crippen molar-refractivity contribution in [1.29, 1.82) is 0 Å². The van der Waals surface area contributed by atoms with Crippen molar-refractivity contribution in [3.05, 3.63) is 0 Å². The number of aliphatic hydroxyl groups is 2. The Morgan fingerprint density at radius 1 is 1.50 bits per heavy atom. The Morgan fingerprint density at radius 2 is 2.00 bits per heavy atom. The van der Waals surface area contributed by atoms with Crippen LogP contribution in [0.4, 0.5) is 0 Å². The van der Waals surface area contributed by atoms with Gasteiger partial charge in [0, 0.05) is 12.3 Å². The Morgan fingerprint density at radius 3 is 2.12 bits per heavy atom. The molecule has 0 radical (unpaired) electrons. The minimum absolute atomic E-state index is 0.199. The van der Waals surface area contributed by atoms with E-state index in [9.17, 15) is 0 Å². The lowest BCUT2D eigenvalue weighted by Gasteiger charge is -2.06. The van der Waals surface area contributed by atoms with Crippen molar-refractivity contribution in [2.45, 2.75) is 25.6 Å². The third-order valence-electron chi connectivity index (χ3n) is 0.791. The Bertz CT molecular complexity index is 56.4. The SMILES string of the molecule is C[C@H](O)C[C@H](O)CCl. The lowest BCUT2D eigenvalue weighted by Crippen LogP contribution is -2.15. The summed E-state index contributed by atoms with van der Waals surface area (Å²) in [5.41, 5.74) is 0. The van der Waals surface area contributed by atoms with E-state index in [0.717, 1.165) is 0 Å². The molecule has 0 rings (SSSR count). The maximum Gasteiger partial charge on any atom is 0.0700 e. The fourth-order valence-corrected chi connectivity index (χ4v) is 0.583. The molecule has 0 saturated carbocycles. The van der Waals surface area contributed by atoms with Crippen molar-refractivity contribution >= 4 is 11.6 Å². The van der Waals surface area contributed by atoms with Crippen LogP contribution < -0.4 is 0 Å². The van der Waals surface area contributed by atoms with Crippen molar-refractivity contribution in [2.75, 3.05) is 5.88 Å². The van der Waals surface area contributed by atoms with E-state index in [0.29, 0.717) is 6.42 Å². The van der Waals surface area contributed by atoms with Gasteiger partial charge in [0.1, 0.15) is 0 Å². The lowest BCUT2D eigenvalue weighted by molar-refractivity contribution is 0.103. The van der Waals surface area contributed by atoms with Crippen LogP contribution in [0.1, 0.15) is 13.3 Å². The van der Waals surface area contributed by atoms with Gasteiger partial charge in [-0.1, -0.05) is 0 Å². The molecular weight excluding hydrogens is 128 g/mol. The summed E-state index contributed by atoms with van der Waals surface area (Å²) in [6, 6.07) is 0. The lowest BCUT2D eigenvalue weighted by atomic mass is 10.2. The first-order chi connectivity index (χ1) is 3.66. The molecule has 0 aromatic rings. The van der Waals surface area contributed by atoms with Gasteiger partial charge in [0.15, 0.2) is 0 Å². The average molecular weight is 139 g/mol. The Kier molecular flexibility index (Phi) is 4.23. The van der Waals surface area contributed by atoms with Gasteiger partial charge in [-0.05, 0) is 6.92 Å². The summed E-state index contributed by atoms with van der Waals surface area (Å²) in [5, 5.41) is 17.4. The highest BCUT2D eigenvalue weighted by Gasteiger charge is 2.04. The Hall–Kier alpha value is 0.210. The van der Waals surface area contributed by atoms with Crippen molar-refractivity contribution in [3.63, 3.8) is 0 Å². The summed E-state index contributed by atoms with van der Waals surface area (Å²) >= 11 is 5.23. The molecule has 2 nitrogen and oxygen atoms in total. The van der Waals surface area contributed by atoms with Crippen LogP contribution in [0.25, 0.3) is 0 Å². The van der Waals surface area contributed by atoms with E-state index >= 15 is 0 Å². The Labute approximate surface area is 54.1 Å². The molecule has 0 aromatic carbocycles. The van der Waals surface area contributed by atoms with E-state index in [4.69, 9.17) is 21.8 Å². The first-order valence-electron chi connectivity index (χ1n) is 2.59. The minimum atomic E-state index is -0.559. The number of alkyl halides is 1. The molecule has 0 unspecified atom stereocenters. The number of aliphatic hydroxyl groups excluding tert-OH is 2. The summed E-state index contributed by atoms with van der Waals surface area (Å²) in [4.78, 5) is 0. The average Bonchev–Trinajstić information content (AvgIpc) is 1.65. The van der Waals surface area contributed by atoms with Gasteiger partial charge in [-0.25, -0.2) is 0 Å². The Balaban J connectivity index is 3.10. The molecule has 0 spiro atoms. The van der Waals surface area contributed by atoms with E-state index in [1.54, 1.807) is 6.92 Å². The predicted octanol–water partition coefficient (Wildman–Crippen LogP) is 0.357. The van der Waals surface area contributed by atoms with Gasteiger partial charge in [-0.2, -0.15) is 0 Å². The summed E-state index contributed by atoms with van der Waals surface area (Å²) in [5.74, 6) is 0.199. The van der Waals surface area contributed by atoms with E-state index in [2.05, 4.69) is 0 Å². The highest BCUT2D eigenvalue weighted by molar-refractivity contribution is 6.18. The molecule has 0 aliphatic rings. The summed E-state index contributed by atoms with van der Waals surface area (Å²) in [6.45, 7) is 1.62. The number of hydrogen-bond acceptors (Lipinski definition) is 2. The van der Waals surface area contributed by atoms with Gasteiger partial charge in [-0.3, -0.25) is 0 Å². The van der Waals surface area contributed by atoms with Crippen LogP contribution >= 0.6 is 11.6 Å². The van der Waals surface area contributed by atoms with E-state index in [-0.39, 0.29) is 5.88 Å². The second-order valence-electron chi connectivity index (χ2n) is 1.89. The highest BCUT2D eigenvalue weighted by Crippen LogP contribution is 1.98. The minimum Gasteiger partial charge on any atom is -0.393 e. The molecule has 2 N–H and O–H groups in total. The van der Waals surface area contributed by atoms with E-state index in [1.165, 1.54) is 0 Å². The topological polar surface area (TPSA) is 40.5 Å². The normalized spacial score (nSPS) is 18.0. The van der Waals surface area contributed by atoms with Gasteiger partial charge in [-0.15, -0.1) is 11.6 Å². The molecule has 0 aromatic heterocycles. The first kappa shape index (κ1) is 8.21. The summed E-state index contributed by atoms with van der Waals surface area (Å²) in [6.07, 6.45) is -0.649. The van der Waals surface area contributed by atoms with Crippen LogP contribution in [-0.2, 0) is 0 Å². The molecule has 0 bridgehead atoms. The molecule has 8 heavy (non-hydrogen) atoms. The largest absolute Gasteiger partial charge is 0.393 e. The molecule has 2 atom stereocenters. The molecule has 0 aliphatic carbocycles. The number of rotatable bonds is 3. The molecule has 0 amide bonds. The molecule has 0 saturated heterocycles. The van der Waals surface area contributed by atoms with Crippen LogP contribution in [0.5, 0.6) is 0 Å². The molecule has 0 aliphatic heterocycles. The zero-order valence-electron chi connectivity index (χ0n) is 4.84. The smallest absolute Gasteiger partial charge is 0.0700 e. The van der Waals surface area contributed by atoms with Crippen LogP contribution in [0.3, 0.4) is 0 Å². The predicted molar refractivity (Wildman–Crippen MR) is 33.0 cm³/mol. The second kappa shape index (κ2) is 4.13. The van der Waals surface area contributed by atoms with Crippen LogP contribution in [-0.4, -0.2) is 28.3 Å². The van der Waals surface area contributed by atoms with Crippen molar-refractivity contribution < 1.29 is 10.2 Å².